The fourth-order valence-electron chi connectivity index (χ4n) is 1.78. The van der Waals surface area contributed by atoms with Crippen molar-refractivity contribution in [3.8, 4) is 11.1 Å². The first-order valence-corrected chi connectivity index (χ1v) is 5.54. The van der Waals surface area contributed by atoms with Gasteiger partial charge in [0, 0.05) is 41.3 Å². The number of aromatic amines is 1. The van der Waals surface area contributed by atoms with Gasteiger partial charge in [-0.25, -0.2) is 15.0 Å². The van der Waals surface area contributed by atoms with Gasteiger partial charge in [-0.15, -0.1) is 0 Å². The van der Waals surface area contributed by atoms with Crippen LogP contribution in [0.5, 0.6) is 0 Å². The summed E-state index contributed by atoms with van der Waals surface area (Å²) >= 11 is 6.18. The monoisotopic (exact) mass is 244 g/mol. The van der Waals surface area contributed by atoms with Gasteiger partial charge in [0.25, 0.3) is 0 Å². The van der Waals surface area contributed by atoms with Crippen molar-refractivity contribution in [2.45, 2.75) is 6.92 Å². The molecule has 3 aromatic rings. The molecule has 0 saturated heterocycles. The summed E-state index contributed by atoms with van der Waals surface area (Å²) < 4.78 is 0. The highest BCUT2D eigenvalue weighted by molar-refractivity contribution is 6.36. The van der Waals surface area contributed by atoms with Crippen molar-refractivity contribution < 1.29 is 0 Å². The Morgan fingerprint density at radius 1 is 1.18 bits per heavy atom. The molecule has 0 radical (unpaired) electrons. The van der Waals surface area contributed by atoms with Crippen molar-refractivity contribution in [3.05, 3.63) is 41.7 Å². The molecular weight excluding hydrogens is 236 g/mol. The maximum atomic E-state index is 6.18. The van der Waals surface area contributed by atoms with Crippen molar-refractivity contribution in [1.82, 2.24) is 19.9 Å². The highest BCUT2D eigenvalue weighted by atomic mass is 35.5. The minimum atomic E-state index is 0.673. The van der Waals surface area contributed by atoms with Gasteiger partial charge in [0.2, 0.25) is 0 Å². The molecular formula is C12H9ClN4. The van der Waals surface area contributed by atoms with Crippen molar-refractivity contribution >= 4 is 22.6 Å². The third-order valence-electron chi connectivity index (χ3n) is 2.61. The van der Waals surface area contributed by atoms with E-state index >= 15 is 0 Å². The molecule has 0 aliphatic rings. The molecule has 4 nitrogen and oxygen atoms in total. The molecule has 17 heavy (non-hydrogen) atoms. The van der Waals surface area contributed by atoms with Crippen molar-refractivity contribution in [2.75, 3.05) is 0 Å². The van der Waals surface area contributed by atoms with E-state index in [1.807, 2.05) is 13.1 Å². The van der Waals surface area contributed by atoms with Gasteiger partial charge in [-0.3, -0.25) is 0 Å². The minimum absolute atomic E-state index is 0.673. The van der Waals surface area contributed by atoms with Crippen molar-refractivity contribution in [3.63, 3.8) is 0 Å². The molecule has 0 fully saturated rings. The smallest absolute Gasteiger partial charge is 0.139 e. The Balaban J connectivity index is 2.27. The normalized spacial score (nSPS) is 10.9. The molecule has 0 atom stereocenters. The Kier molecular flexibility index (Phi) is 2.30. The summed E-state index contributed by atoms with van der Waals surface area (Å²) in [4.78, 5) is 15.7. The van der Waals surface area contributed by atoms with Gasteiger partial charge in [0.1, 0.15) is 11.5 Å². The van der Waals surface area contributed by atoms with Crippen LogP contribution in [-0.2, 0) is 0 Å². The molecule has 3 rings (SSSR count). The van der Waals surface area contributed by atoms with Crippen LogP contribution in [0.25, 0.3) is 22.2 Å². The molecule has 0 aromatic carbocycles. The largest absolute Gasteiger partial charge is 0.345 e. The molecule has 0 unspecified atom stereocenters. The van der Waals surface area contributed by atoms with Crippen LogP contribution in [0.15, 0.2) is 30.9 Å². The topological polar surface area (TPSA) is 54.5 Å². The second kappa shape index (κ2) is 3.82. The molecule has 0 bridgehead atoms. The first kappa shape index (κ1) is 10.2. The van der Waals surface area contributed by atoms with Crippen LogP contribution < -0.4 is 0 Å². The van der Waals surface area contributed by atoms with Crippen LogP contribution in [0.4, 0.5) is 0 Å². The Morgan fingerprint density at radius 3 is 2.71 bits per heavy atom. The van der Waals surface area contributed by atoms with Crippen molar-refractivity contribution in [2.24, 2.45) is 0 Å². The number of hydrogen-bond donors (Lipinski definition) is 1. The fourth-order valence-corrected chi connectivity index (χ4v) is 2.02. The van der Waals surface area contributed by atoms with E-state index < -0.39 is 0 Å². The zero-order valence-corrected chi connectivity index (χ0v) is 9.86. The first-order valence-electron chi connectivity index (χ1n) is 5.16. The number of rotatable bonds is 1. The van der Waals surface area contributed by atoms with E-state index in [4.69, 9.17) is 11.6 Å². The number of fused-ring (bicyclic) bond motifs is 1. The lowest BCUT2D eigenvalue weighted by molar-refractivity contribution is 1.06. The van der Waals surface area contributed by atoms with E-state index in [2.05, 4.69) is 19.9 Å². The molecule has 3 aromatic heterocycles. The average Bonchev–Trinajstić information content (AvgIpc) is 2.75. The van der Waals surface area contributed by atoms with Crippen LogP contribution in [0.1, 0.15) is 5.82 Å². The van der Waals surface area contributed by atoms with Crippen LogP contribution >= 0.6 is 11.6 Å². The molecule has 84 valence electrons. The second-order valence-corrected chi connectivity index (χ2v) is 4.14. The molecule has 0 spiro atoms. The van der Waals surface area contributed by atoms with E-state index in [0.29, 0.717) is 5.02 Å². The van der Waals surface area contributed by atoms with Crippen LogP contribution in [0.3, 0.4) is 0 Å². The van der Waals surface area contributed by atoms with Gasteiger partial charge in [0.05, 0.1) is 5.02 Å². The maximum Gasteiger partial charge on any atom is 0.139 e. The predicted octanol–water partition coefficient (Wildman–Crippen LogP) is 2.98. The van der Waals surface area contributed by atoms with Crippen LogP contribution in [-0.4, -0.2) is 19.9 Å². The number of aryl methyl sites for hydroxylation is 1. The lowest BCUT2D eigenvalue weighted by Gasteiger charge is -2.00. The summed E-state index contributed by atoms with van der Waals surface area (Å²) in [7, 11) is 0. The van der Waals surface area contributed by atoms with Crippen LogP contribution in [0.2, 0.25) is 5.02 Å². The molecule has 1 N–H and O–H groups in total. The van der Waals surface area contributed by atoms with Gasteiger partial charge >= 0.3 is 0 Å². The number of nitrogens with one attached hydrogen (secondary N) is 1. The zero-order chi connectivity index (χ0) is 11.8. The molecule has 0 saturated carbocycles. The summed E-state index contributed by atoms with van der Waals surface area (Å²) in [5.41, 5.74) is 2.67. The van der Waals surface area contributed by atoms with Gasteiger partial charge < -0.3 is 4.98 Å². The number of halogens is 1. The third-order valence-corrected chi connectivity index (χ3v) is 2.93. The zero-order valence-electron chi connectivity index (χ0n) is 9.11. The van der Waals surface area contributed by atoms with Gasteiger partial charge in [0.15, 0.2) is 0 Å². The highest BCUT2D eigenvalue weighted by Crippen LogP contribution is 2.31. The summed E-state index contributed by atoms with van der Waals surface area (Å²) in [6.07, 6.45) is 7.12. The summed E-state index contributed by atoms with van der Waals surface area (Å²) in [5, 5.41) is 1.58. The van der Waals surface area contributed by atoms with E-state index in [1.54, 1.807) is 24.7 Å². The standard InChI is InChI=1S/C12H9ClN4/c1-7-15-4-8(5-16-7)9-6-17-12-11(9)10(13)2-3-14-12/h2-6H,1H3,(H,14,17). The number of pyridine rings is 1. The Hall–Kier alpha value is -1.94. The van der Waals surface area contributed by atoms with E-state index in [-0.39, 0.29) is 0 Å². The summed E-state index contributed by atoms with van der Waals surface area (Å²) in [6, 6.07) is 1.77. The quantitative estimate of drug-likeness (QED) is 0.716. The number of nitrogens with zero attached hydrogens (tertiary/aromatic N) is 3. The Morgan fingerprint density at radius 2 is 1.94 bits per heavy atom. The van der Waals surface area contributed by atoms with Gasteiger partial charge in [-0.1, -0.05) is 11.6 Å². The lowest BCUT2D eigenvalue weighted by Crippen LogP contribution is -1.87. The lowest BCUT2D eigenvalue weighted by atomic mass is 10.1. The second-order valence-electron chi connectivity index (χ2n) is 3.74. The summed E-state index contributed by atoms with van der Waals surface area (Å²) in [5.74, 6) is 0.748. The Labute approximate surface area is 103 Å². The van der Waals surface area contributed by atoms with E-state index in [1.165, 1.54) is 0 Å². The number of H-pyrrole nitrogens is 1. The first-order chi connectivity index (χ1) is 8.25. The molecule has 3 heterocycles. The maximum absolute atomic E-state index is 6.18. The van der Waals surface area contributed by atoms with E-state index in [0.717, 1.165) is 28.0 Å². The number of hydrogen-bond acceptors (Lipinski definition) is 3. The molecule has 0 aliphatic heterocycles. The SMILES string of the molecule is Cc1ncc(-c2c[nH]c3nccc(Cl)c23)cn1. The molecule has 0 aliphatic carbocycles. The predicted molar refractivity (Wildman–Crippen MR) is 66.9 cm³/mol. The highest BCUT2D eigenvalue weighted by Gasteiger charge is 2.10. The van der Waals surface area contributed by atoms with Gasteiger partial charge in [-0.2, -0.15) is 0 Å². The molecule has 0 amide bonds. The van der Waals surface area contributed by atoms with E-state index in [9.17, 15) is 0 Å². The minimum Gasteiger partial charge on any atom is -0.345 e. The molecule has 5 heteroatoms. The average molecular weight is 245 g/mol. The van der Waals surface area contributed by atoms with Crippen LogP contribution in [0, 0.1) is 6.92 Å². The fraction of sp³-hybridized carbons (Fsp3) is 0.0833. The number of aromatic nitrogens is 4. The third kappa shape index (κ3) is 1.66. The van der Waals surface area contributed by atoms with Gasteiger partial charge in [-0.05, 0) is 13.0 Å². The Bertz CT molecular complexity index is 673. The summed E-state index contributed by atoms with van der Waals surface area (Å²) in [6.45, 7) is 1.85. The van der Waals surface area contributed by atoms with Crippen molar-refractivity contribution in [1.29, 1.82) is 0 Å².